The first kappa shape index (κ1) is 14.7. The lowest BCUT2D eigenvalue weighted by atomic mass is 10.0. The third-order valence-corrected chi connectivity index (χ3v) is 2.88. The number of carbonyl (C=O) groups is 2. The molecule has 0 saturated carbocycles. The van der Waals surface area contributed by atoms with Gasteiger partial charge in [0, 0.05) is 17.2 Å². The lowest BCUT2D eigenvalue weighted by Gasteiger charge is -2.02. The number of rotatable bonds is 5. The molecule has 2 aromatic carbocycles. The number of carbonyl (C=O) groups excluding carboxylic acids is 2. The Morgan fingerprint density at radius 1 is 1.00 bits per heavy atom. The zero-order valence-electron chi connectivity index (χ0n) is 11.8. The summed E-state index contributed by atoms with van der Waals surface area (Å²) in [7, 11) is 0. The normalized spacial score (nSPS) is 10.5. The second kappa shape index (κ2) is 7.20. The third kappa shape index (κ3) is 4.14. The molecule has 0 aliphatic carbocycles. The van der Waals surface area contributed by atoms with Crippen LogP contribution in [0.2, 0.25) is 0 Å². The number of ketones is 1. The Morgan fingerprint density at radius 2 is 1.71 bits per heavy atom. The van der Waals surface area contributed by atoms with Crippen LogP contribution in [0.15, 0.2) is 60.7 Å². The van der Waals surface area contributed by atoms with Crippen LogP contribution in [0, 0.1) is 0 Å². The van der Waals surface area contributed by atoms with Crippen molar-refractivity contribution in [1.29, 1.82) is 0 Å². The van der Waals surface area contributed by atoms with Crippen LogP contribution in [0.4, 0.5) is 0 Å². The van der Waals surface area contributed by atoms with Crippen molar-refractivity contribution >= 4 is 17.8 Å². The molecule has 0 unspecified atom stereocenters. The molecule has 0 saturated heterocycles. The molecule has 3 heteroatoms. The first-order valence-corrected chi connectivity index (χ1v) is 6.75. The molecule has 0 N–H and O–H groups in total. The zero-order chi connectivity index (χ0) is 15.1. The highest BCUT2D eigenvalue weighted by atomic mass is 16.5. The van der Waals surface area contributed by atoms with Crippen LogP contribution >= 0.6 is 0 Å². The van der Waals surface area contributed by atoms with E-state index >= 15 is 0 Å². The Kier molecular flexibility index (Phi) is 5.04. The maximum absolute atomic E-state index is 12.3. The molecule has 0 bridgehead atoms. The lowest BCUT2D eigenvalue weighted by Crippen LogP contribution is -2.01. The molecule has 0 spiro atoms. The summed E-state index contributed by atoms with van der Waals surface area (Å²) < 4.78 is 4.82. The third-order valence-electron chi connectivity index (χ3n) is 2.88. The molecule has 0 aliphatic heterocycles. The highest BCUT2D eigenvalue weighted by Crippen LogP contribution is 2.12. The first-order chi connectivity index (χ1) is 10.2. The van der Waals surface area contributed by atoms with Crippen LogP contribution in [0.1, 0.15) is 28.4 Å². The summed E-state index contributed by atoms with van der Waals surface area (Å²) in [6.45, 7) is 2.10. The minimum atomic E-state index is -0.391. The second-order valence-electron chi connectivity index (χ2n) is 4.41. The van der Waals surface area contributed by atoms with E-state index in [1.54, 1.807) is 43.3 Å². The summed E-state index contributed by atoms with van der Waals surface area (Å²) >= 11 is 0. The van der Waals surface area contributed by atoms with Gasteiger partial charge in [-0.3, -0.25) is 4.79 Å². The highest BCUT2D eigenvalue weighted by molar-refractivity contribution is 6.09. The molecule has 21 heavy (non-hydrogen) atoms. The van der Waals surface area contributed by atoms with Gasteiger partial charge in [0.15, 0.2) is 5.78 Å². The summed E-state index contributed by atoms with van der Waals surface area (Å²) in [4.78, 5) is 23.6. The highest BCUT2D eigenvalue weighted by Gasteiger charge is 2.08. The van der Waals surface area contributed by atoms with Crippen molar-refractivity contribution in [3.63, 3.8) is 0 Å². The van der Waals surface area contributed by atoms with Gasteiger partial charge in [-0.25, -0.2) is 4.79 Å². The minimum Gasteiger partial charge on any atom is -0.463 e. The fourth-order valence-electron chi connectivity index (χ4n) is 1.89. The Morgan fingerprint density at radius 3 is 2.43 bits per heavy atom. The fourth-order valence-corrected chi connectivity index (χ4v) is 1.89. The summed E-state index contributed by atoms with van der Waals surface area (Å²) in [5.41, 5.74) is 2.01. The van der Waals surface area contributed by atoms with Crippen molar-refractivity contribution in [2.24, 2.45) is 0 Å². The summed E-state index contributed by atoms with van der Waals surface area (Å²) in [5, 5.41) is 0. The Hall–Kier alpha value is -2.68. The predicted molar refractivity (Wildman–Crippen MR) is 82.0 cm³/mol. The second-order valence-corrected chi connectivity index (χ2v) is 4.41. The quantitative estimate of drug-likeness (QED) is 0.478. The lowest BCUT2D eigenvalue weighted by molar-refractivity contribution is -0.137. The van der Waals surface area contributed by atoms with Crippen LogP contribution in [-0.4, -0.2) is 18.4 Å². The standard InChI is InChI=1S/C18H16O3/c1-2-21-17(19)12-11-14-7-6-10-16(13-14)18(20)15-8-4-3-5-9-15/h3-13H,2H2,1H3. The van der Waals surface area contributed by atoms with Gasteiger partial charge < -0.3 is 4.74 Å². The van der Waals surface area contributed by atoms with Crippen molar-refractivity contribution in [2.75, 3.05) is 6.61 Å². The number of esters is 1. The zero-order valence-corrected chi connectivity index (χ0v) is 11.8. The van der Waals surface area contributed by atoms with Gasteiger partial charge in [0.05, 0.1) is 6.61 Å². The summed E-state index contributed by atoms with van der Waals surface area (Å²) in [6.07, 6.45) is 3.00. The van der Waals surface area contributed by atoms with Crippen LogP contribution in [0.5, 0.6) is 0 Å². The molecule has 106 valence electrons. The maximum Gasteiger partial charge on any atom is 0.330 e. The number of ether oxygens (including phenoxy) is 1. The van der Waals surface area contributed by atoms with E-state index in [9.17, 15) is 9.59 Å². The molecule has 2 rings (SSSR count). The van der Waals surface area contributed by atoms with Crippen molar-refractivity contribution < 1.29 is 14.3 Å². The van der Waals surface area contributed by atoms with Gasteiger partial charge >= 0.3 is 5.97 Å². The van der Waals surface area contributed by atoms with E-state index < -0.39 is 5.97 Å². The Bertz CT molecular complexity index is 657. The SMILES string of the molecule is CCOC(=O)C=Cc1cccc(C(=O)c2ccccc2)c1. The molecule has 0 radical (unpaired) electrons. The average Bonchev–Trinajstić information content (AvgIpc) is 2.54. The average molecular weight is 280 g/mol. The molecule has 0 heterocycles. The van der Waals surface area contributed by atoms with Crippen LogP contribution in [0.3, 0.4) is 0 Å². The largest absolute Gasteiger partial charge is 0.463 e. The first-order valence-electron chi connectivity index (χ1n) is 6.75. The van der Waals surface area contributed by atoms with Crippen LogP contribution in [0.25, 0.3) is 6.08 Å². The molecule has 0 aromatic heterocycles. The van der Waals surface area contributed by atoms with Crippen molar-refractivity contribution in [3.8, 4) is 0 Å². The van der Waals surface area contributed by atoms with Crippen LogP contribution in [-0.2, 0) is 9.53 Å². The van der Waals surface area contributed by atoms with Gasteiger partial charge in [-0.15, -0.1) is 0 Å². The van der Waals surface area contributed by atoms with E-state index in [1.807, 2.05) is 24.3 Å². The van der Waals surface area contributed by atoms with Gasteiger partial charge in [0.1, 0.15) is 0 Å². The Labute approximate surface area is 123 Å². The molecule has 0 fully saturated rings. The van der Waals surface area contributed by atoms with Gasteiger partial charge in [-0.05, 0) is 24.6 Å². The number of hydrogen-bond donors (Lipinski definition) is 0. The molecule has 0 aliphatic rings. The van der Waals surface area contributed by atoms with Gasteiger partial charge in [-0.2, -0.15) is 0 Å². The van der Waals surface area contributed by atoms with Crippen molar-refractivity contribution in [1.82, 2.24) is 0 Å². The van der Waals surface area contributed by atoms with E-state index in [4.69, 9.17) is 4.74 Å². The maximum atomic E-state index is 12.3. The molecular formula is C18H16O3. The van der Waals surface area contributed by atoms with Gasteiger partial charge in [-0.1, -0.05) is 48.5 Å². The smallest absolute Gasteiger partial charge is 0.330 e. The molecule has 0 atom stereocenters. The molecule has 0 amide bonds. The van der Waals surface area contributed by atoms with Crippen molar-refractivity contribution in [3.05, 3.63) is 77.4 Å². The molecular weight excluding hydrogens is 264 g/mol. The van der Waals surface area contributed by atoms with E-state index in [0.717, 1.165) is 5.56 Å². The number of benzene rings is 2. The summed E-state index contributed by atoms with van der Waals surface area (Å²) in [6, 6.07) is 16.2. The fraction of sp³-hybridized carbons (Fsp3) is 0.111. The van der Waals surface area contributed by atoms with E-state index in [2.05, 4.69) is 0 Å². The molecule has 3 nitrogen and oxygen atoms in total. The van der Waals surface area contributed by atoms with Gasteiger partial charge in [0.25, 0.3) is 0 Å². The van der Waals surface area contributed by atoms with E-state index in [1.165, 1.54) is 6.08 Å². The number of hydrogen-bond acceptors (Lipinski definition) is 3. The van der Waals surface area contributed by atoms with Crippen LogP contribution < -0.4 is 0 Å². The van der Waals surface area contributed by atoms with Crippen molar-refractivity contribution in [2.45, 2.75) is 6.92 Å². The topological polar surface area (TPSA) is 43.4 Å². The minimum absolute atomic E-state index is 0.0398. The monoisotopic (exact) mass is 280 g/mol. The van der Waals surface area contributed by atoms with E-state index in [0.29, 0.717) is 17.7 Å². The Balaban J connectivity index is 2.18. The predicted octanol–water partition coefficient (Wildman–Crippen LogP) is 3.49. The van der Waals surface area contributed by atoms with E-state index in [-0.39, 0.29) is 5.78 Å². The summed E-state index contributed by atoms with van der Waals surface area (Å²) in [5.74, 6) is -0.431. The molecule has 2 aromatic rings. The van der Waals surface area contributed by atoms with Gasteiger partial charge in [0.2, 0.25) is 0 Å².